The number of benzene rings is 3. The predicted octanol–water partition coefficient (Wildman–Crippen LogP) is 4.72. The highest BCUT2D eigenvalue weighted by Gasteiger charge is 2.28. The van der Waals surface area contributed by atoms with Gasteiger partial charge in [0.1, 0.15) is 29.3 Å². The SMILES string of the molecule is CC(C)(C)OC(=O)CN(C(=O)c1c(F)cccc1F)c1cccc(-c2ccc(C(N)=O)cc2)c1. The highest BCUT2D eigenvalue weighted by Crippen LogP contribution is 2.27. The molecule has 0 unspecified atom stereocenters. The number of anilines is 1. The maximum atomic E-state index is 14.4. The van der Waals surface area contributed by atoms with E-state index in [9.17, 15) is 23.2 Å². The third-order valence-electron chi connectivity index (χ3n) is 4.79. The normalized spacial score (nSPS) is 11.1. The van der Waals surface area contributed by atoms with Gasteiger partial charge in [-0.15, -0.1) is 0 Å². The van der Waals surface area contributed by atoms with Gasteiger partial charge < -0.3 is 10.5 Å². The summed E-state index contributed by atoms with van der Waals surface area (Å²) in [6, 6.07) is 16.1. The Labute approximate surface area is 195 Å². The smallest absolute Gasteiger partial charge is 0.326 e. The minimum Gasteiger partial charge on any atom is -0.459 e. The Balaban J connectivity index is 2.04. The Kier molecular flexibility index (Phi) is 7.10. The molecule has 0 aromatic heterocycles. The van der Waals surface area contributed by atoms with Gasteiger partial charge in [-0.1, -0.05) is 30.3 Å². The molecular formula is C26H24F2N2O4. The number of rotatable bonds is 6. The van der Waals surface area contributed by atoms with Gasteiger partial charge in [0.25, 0.3) is 5.91 Å². The van der Waals surface area contributed by atoms with Gasteiger partial charge in [0.15, 0.2) is 0 Å². The first-order valence-electron chi connectivity index (χ1n) is 10.4. The summed E-state index contributed by atoms with van der Waals surface area (Å²) in [4.78, 5) is 38.1. The fourth-order valence-electron chi connectivity index (χ4n) is 3.30. The number of primary amides is 1. The number of amides is 2. The minimum absolute atomic E-state index is 0.231. The lowest BCUT2D eigenvalue weighted by atomic mass is 10.0. The highest BCUT2D eigenvalue weighted by atomic mass is 19.1. The fraction of sp³-hybridized carbons (Fsp3) is 0.192. The summed E-state index contributed by atoms with van der Waals surface area (Å²) in [5.74, 6) is -4.42. The molecule has 0 fully saturated rings. The summed E-state index contributed by atoms with van der Waals surface area (Å²) < 4.78 is 34.1. The lowest BCUT2D eigenvalue weighted by Crippen LogP contribution is -2.39. The molecule has 0 saturated heterocycles. The maximum Gasteiger partial charge on any atom is 0.326 e. The van der Waals surface area contributed by atoms with Crippen LogP contribution in [0.3, 0.4) is 0 Å². The van der Waals surface area contributed by atoms with Crippen molar-refractivity contribution >= 4 is 23.5 Å². The van der Waals surface area contributed by atoms with Crippen LogP contribution in [0.25, 0.3) is 11.1 Å². The van der Waals surface area contributed by atoms with Crippen LogP contribution in [0, 0.1) is 11.6 Å². The number of hydrogen-bond acceptors (Lipinski definition) is 4. The molecule has 0 aliphatic heterocycles. The van der Waals surface area contributed by atoms with Crippen LogP contribution in [0.2, 0.25) is 0 Å². The zero-order chi connectivity index (χ0) is 25.0. The van der Waals surface area contributed by atoms with E-state index in [1.54, 1.807) is 69.3 Å². The van der Waals surface area contributed by atoms with Gasteiger partial charge in [0.05, 0.1) is 0 Å². The van der Waals surface area contributed by atoms with Crippen LogP contribution < -0.4 is 10.6 Å². The summed E-state index contributed by atoms with van der Waals surface area (Å²) >= 11 is 0. The van der Waals surface area contributed by atoms with E-state index in [-0.39, 0.29) is 5.69 Å². The molecule has 0 aliphatic rings. The second-order valence-electron chi connectivity index (χ2n) is 8.57. The van der Waals surface area contributed by atoms with Gasteiger partial charge in [-0.2, -0.15) is 0 Å². The molecule has 0 spiro atoms. The molecular weight excluding hydrogens is 442 g/mol. The summed E-state index contributed by atoms with van der Waals surface area (Å²) in [6.45, 7) is 4.45. The van der Waals surface area contributed by atoms with E-state index in [0.29, 0.717) is 16.7 Å². The molecule has 0 radical (unpaired) electrons. The minimum atomic E-state index is -1.04. The number of esters is 1. The van der Waals surface area contributed by atoms with Gasteiger partial charge >= 0.3 is 5.97 Å². The van der Waals surface area contributed by atoms with Crippen LogP contribution in [0.4, 0.5) is 14.5 Å². The second kappa shape index (κ2) is 9.82. The van der Waals surface area contributed by atoms with E-state index in [0.717, 1.165) is 23.1 Å². The van der Waals surface area contributed by atoms with Gasteiger partial charge in [0.2, 0.25) is 5.91 Å². The third-order valence-corrected chi connectivity index (χ3v) is 4.79. The van der Waals surface area contributed by atoms with Crippen molar-refractivity contribution < 1.29 is 27.9 Å². The van der Waals surface area contributed by atoms with E-state index in [4.69, 9.17) is 10.5 Å². The molecule has 3 rings (SSSR count). The largest absolute Gasteiger partial charge is 0.459 e. The number of halogens is 2. The number of carbonyl (C=O) groups is 3. The van der Waals surface area contributed by atoms with Crippen molar-refractivity contribution in [2.24, 2.45) is 5.73 Å². The molecule has 8 heteroatoms. The topological polar surface area (TPSA) is 89.7 Å². The second-order valence-corrected chi connectivity index (χ2v) is 8.57. The van der Waals surface area contributed by atoms with Crippen LogP contribution in [0.5, 0.6) is 0 Å². The Hall–Kier alpha value is -4.07. The fourth-order valence-corrected chi connectivity index (χ4v) is 3.30. The molecule has 34 heavy (non-hydrogen) atoms. The van der Waals surface area contributed by atoms with Crippen LogP contribution in [0.15, 0.2) is 66.7 Å². The van der Waals surface area contributed by atoms with E-state index < -0.39 is 47.1 Å². The van der Waals surface area contributed by atoms with Crippen LogP contribution in [-0.2, 0) is 9.53 Å². The number of carbonyl (C=O) groups excluding carboxylic acids is 3. The first kappa shape index (κ1) is 24.6. The Bertz CT molecular complexity index is 1210. The molecule has 2 amide bonds. The molecule has 0 heterocycles. The van der Waals surface area contributed by atoms with E-state index in [1.807, 2.05) is 0 Å². The molecule has 0 bridgehead atoms. The predicted molar refractivity (Wildman–Crippen MR) is 124 cm³/mol. The third kappa shape index (κ3) is 5.83. The summed E-state index contributed by atoms with van der Waals surface area (Å²) in [6.07, 6.45) is 0. The van der Waals surface area contributed by atoms with Gasteiger partial charge in [-0.05, 0) is 68.3 Å². The van der Waals surface area contributed by atoms with Crippen molar-refractivity contribution in [3.8, 4) is 11.1 Å². The molecule has 176 valence electrons. The standard InChI is InChI=1S/C26H24F2N2O4/c1-26(2,3)34-22(31)15-30(25(33)23-20(27)8-5-9-21(23)28)19-7-4-6-18(14-19)16-10-12-17(13-11-16)24(29)32/h4-14H,15H2,1-3H3,(H2,29,32). The summed E-state index contributed by atoms with van der Waals surface area (Å²) in [5.41, 5.74) is 5.59. The molecule has 0 aliphatic carbocycles. The number of nitrogens with zero attached hydrogens (tertiary/aromatic N) is 1. The van der Waals surface area contributed by atoms with Crippen molar-refractivity contribution in [1.82, 2.24) is 0 Å². The number of ether oxygens (including phenoxy) is 1. The zero-order valence-electron chi connectivity index (χ0n) is 19.0. The van der Waals surface area contributed by atoms with Crippen molar-refractivity contribution in [2.45, 2.75) is 26.4 Å². The molecule has 3 aromatic carbocycles. The van der Waals surface area contributed by atoms with Gasteiger partial charge in [-0.3, -0.25) is 19.3 Å². The van der Waals surface area contributed by atoms with Crippen molar-refractivity contribution in [3.05, 3.63) is 89.5 Å². The summed E-state index contributed by atoms with van der Waals surface area (Å²) in [7, 11) is 0. The lowest BCUT2D eigenvalue weighted by Gasteiger charge is -2.26. The summed E-state index contributed by atoms with van der Waals surface area (Å²) in [5, 5.41) is 0. The molecule has 0 saturated carbocycles. The van der Waals surface area contributed by atoms with Crippen LogP contribution in [-0.4, -0.2) is 29.9 Å². The highest BCUT2D eigenvalue weighted by molar-refractivity contribution is 6.09. The van der Waals surface area contributed by atoms with Crippen LogP contribution in [0.1, 0.15) is 41.5 Å². The quantitative estimate of drug-likeness (QED) is 0.533. The van der Waals surface area contributed by atoms with Gasteiger partial charge in [-0.25, -0.2) is 8.78 Å². The first-order chi connectivity index (χ1) is 16.0. The molecule has 3 aromatic rings. The Morgan fingerprint density at radius 3 is 2.03 bits per heavy atom. The average molecular weight is 466 g/mol. The first-order valence-corrected chi connectivity index (χ1v) is 10.4. The van der Waals surface area contributed by atoms with E-state index in [1.165, 1.54) is 0 Å². The average Bonchev–Trinajstić information content (AvgIpc) is 2.76. The van der Waals surface area contributed by atoms with E-state index in [2.05, 4.69) is 0 Å². The zero-order valence-corrected chi connectivity index (χ0v) is 19.0. The van der Waals surface area contributed by atoms with Crippen molar-refractivity contribution in [3.63, 3.8) is 0 Å². The Morgan fingerprint density at radius 2 is 1.47 bits per heavy atom. The maximum absolute atomic E-state index is 14.4. The van der Waals surface area contributed by atoms with Gasteiger partial charge in [0, 0.05) is 11.3 Å². The number of nitrogens with two attached hydrogens (primary N) is 1. The van der Waals surface area contributed by atoms with Crippen molar-refractivity contribution in [1.29, 1.82) is 0 Å². The lowest BCUT2D eigenvalue weighted by molar-refractivity contribution is -0.152. The number of hydrogen-bond donors (Lipinski definition) is 1. The van der Waals surface area contributed by atoms with Crippen molar-refractivity contribution in [2.75, 3.05) is 11.4 Å². The monoisotopic (exact) mass is 466 g/mol. The molecule has 0 atom stereocenters. The molecule has 2 N–H and O–H groups in total. The Morgan fingerprint density at radius 1 is 0.882 bits per heavy atom. The van der Waals surface area contributed by atoms with E-state index >= 15 is 0 Å². The molecule has 6 nitrogen and oxygen atoms in total. The van der Waals surface area contributed by atoms with Crippen LogP contribution >= 0.6 is 0 Å².